The number of anilines is 1. The number of imidazole rings is 1. The third-order valence-corrected chi connectivity index (χ3v) is 4.48. The lowest BCUT2D eigenvalue weighted by atomic mass is 10.2. The first kappa shape index (κ1) is 17.3. The second kappa shape index (κ2) is 6.54. The number of rotatable bonds is 4. The van der Waals surface area contributed by atoms with E-state index in [0.717, 1.165) is 0 Å². The molecule has 3 atom stereocenters. The van der Waals surface area contributed by atoms with Crippen LogP contribution in [0.2, 0.25) is 0 Å². The number of aliphatic hydroxyl groups is 2. The Bertz CT molecular complexity index is 1000. The molecule has 1 aromatic carbocycles. The number of hydrogen-bond acceptors (Lipinski definition) is 9. The van der Waals surface area contributed by atoms with Crippen LogP contribution in [0.25, 0.3) is 22.6 Å². The van der Waals surface area contributed by atoms with Crippen LogP contribution in [0.4, 0.5) is 11.5 Å². The Kier molecular flexibility index (Phi) is 4.18. The van der Waals surface area contributed by atoms with Crippen LogP contribution in [0.5, 0.6) is 0 Å². The van der Waals surface area contributed by atoms with Gasteiger partial charge in [-0.1, -0.05) is 0 Å². The van der Waals surface area contributed by atoms with E-state index >= 15 is 0 Å². The first-order chi connectivity index (χ1) is 13.0. The molecule has 0 saturated carbocycles. The molecule has 3 unspecified atom stereocenters. The van der Waals surface area contributed by atoms with Gasteiger partial charge in [-0.25, -0.2) is 15.0 Å². The molecule has 27 heavy (non-hydrogen) atoms. The average molecular weight is 372 g/mol. The van der Waals surface area contributed by atoms with Crippen molar-refractivity contribution in [1.29, 1.82) is 0 Å². The van der Waals surface area contributed by atoms with E-state index in [1.165, 1.54) is 30.6 Å². The molecule has 1 aliphatic heterocycles. The lowest BCUT2D eigenvalue weighted by Gasteiger charge is -2.14. The van der Waals surface area contributed by atoms with Gasteiger partial charge in [0, 0.05) is 24.1 Å². The summed E-state index contributed by atoms with van der Waals surface area (Å²) in [5.41, 5.74) is 7.31. The van der Waals surface area contributed by atoms with E-state index in [9.17, 15) is 20.3 Å². The number of nitro benzene ring substituents is 1. The van der Waals surface area contributed by atoms with E-state index in [0.29, 0.717) is 16.7 Å². The SMILES string of the molecule is Nc1nc(-c2ccc([N+](=O)[O-])cc2)nc2c1ncn2C1CC(O)C(CO)O1. The standard InChI is InChI=1S/C16H16N6O5/c17-14-13-16(21(7-18-13)12-5-10(24)11(6-23)27-12)20-15(19-14)8-1-3-9(4-2-8)22(25)26/h1-4,7,10-12,23-24H,5-6H2,(H2,17,19,20). The quantitative estimate of drug-likeness (QED) is 0.440. The molecule has 0 spiro atoms. The van der Waals surface area contributed by atoms with Crippen molar-refractivity contribution in [3.8, 4) is 11.4 Å². The smallest absolute Gasteiger partial charge is 0.269 e. The molecule has 2 aromatic heterocycles. The number of ether oxygens (including phenoxy) is 1. The van der Waals surface area contributed by atoms with Gasteiger partial charge in [-0.3, -0.25) is 14.7 Å². The third kappa shape index (κ3) is 2.97. The average Bonchev–Trinajstić information content (AvgIpc) is 3.25. The minimum Gasteiger partial charge on any atom is -0.394 e. The fourth-order valence-electron chi connectivity index (χ4n) is 3.06. The Morgan fingerprint density at radius 3 is 2.70 bits per heavy atom. The summed E-state index contributed by atoms with van der Waals surface area (Å²) in [6.45, 7) is -0.296. The Morgan fingerprint density at radius 2 is 2.07 bits per heavy atom. The summed E-state index contributed by atoms with van der Waals surface area (Å²) in [6, 6.07) is 5.80. The molecule has 0 amide bonds. The van der Waals surface area contributed by atoms with Gasteiger partial charge in [0.25, 0.3) is 5.69 Å². The number of nitrogen functional groups attached to an aromatic ring is 1. The van der Waals surface area contributed by atoms with Crippen molar-refractivity contribution in [3.05, 3.63) is 40.7 Å². The Balaban J connectivity index is 1.75. The number of nitrogens with zero attached hydrogens (tertiary/aromatic N) is 5. The Hall–Kier alpha value is -3.15. The number of nitro groups is 1. The maximum atomic E-state index is 10.8. The van der Waals surface area contributed by atoms with Crippen LogP contribution in [0.3, 0.4) is 0 Å². The highest BCUT2D eigenvalue weighted by Crippen LogP contribution is 2.32. The zero-order chi connectivity index (χ0) is 19.1. The monoisotopic (exact) mass is 372 g/mol. The molecule has 1 fully saturated rings. The molecule has 11 heteroatoms. The molecule has 3 aromatic rings. The van der Waals surface area contributed by atoms with Gasteiger partial charge in [0.15, 0.2) is 17.3 Å². The van der Waals surface area contributed by atoms with Crippen molar-refractivity contribution in [3.63, 3.8) is 0 Å². The maximum Gasteiger partial charge on any atom is 0.269 e. The van der Waals surface area contributed by atoms with Gasteiger partial charge in [-0.2, -0.15) is 0 Å². The normalized spacial score (nSPS) is 22.4. The third-order valence-electron chi connectivity index (χ3n) is 4.48. The lowest BCUT2D eigenvalue weighted by Crippen LogP contribution is -2.24. The minimum atomic E-state index is -0.800. The van der Waals surface area contributed by atoms with Gasteiger partial charge >= 0.3 is 0 Å². The largest absolute Gasteiger partial charge is 0.394 e. The van der Waals surface area contributed by atoms with Gasteiger partial charge in [-0.05, 0) is 12.1 Å². The number of fused-ring (bicyclic) bond motifs is 1. The van der Waals surface area contributed by atoms with Crippen molar-refractivity contribution in [2.75, 3.05) is 12.3 Å². The van der Waals surface area contributed by atoms with Crippen LogP contribution >= 0.6 is 0 Å². The van der Waals surface area contributed by atoms with Crippen molar-refractivity contribution in [2.24, 2.45) is 0 Å². The summed E-state index contributed by atoms with van der Waals surface area (Å²) in [5.74, 6) is 0.443. The van der Waals surface area contributed by atoms with E-state index in [4.69, 9.17) is 10.5 Å². The van der Waals surface area contributed by atoms with E-state index in [1.54, 1.807) is 4.57 Å². The number of hydrogen-bond donors (Lipinski definition) is 3. The highest BCUT2D eigenvalue weighted by Gasteiger charge is 2.35. The van der Waals surface area contributed by atoms with Gasteiger partial charge in [0.2, 0.25) is 0 Å². The van der Waals surface area contributed by atoms with E-state index in [1.807, 2.05) is 0 Å². The summed E-state index contributed by atoms with van der Waals surface area (Å²) in [5, 5.41) is 30.0. The fraction of sp³-hybridized carbons (Fsp3) is 0.312. The number of aromatic nitrogens is 4. The minimum absolute atomic E-state index is 0.0405. The summed E-state index contributed by atoms with van der Waals surface area (Å²) >= 11 is 0. The summed E-state index contributed by atoms with van der Waals surface area (Å²) in [6.07, 6.45) is -0.271. The predicted molar refractivity (Wildman–Crippen MR) is 93.4 cm³/mol. The van der Waals surface area contributed by atoms with Gasteiger partial charge in [0.1, 0.15) is 17.8 Å². The van der Waals surface area contributed by atoms with Crippen molar-refractivity contribution in [2.45, 2.75) is 24.9 Å². The van der Waals surface area contributed by atoms with Crippen LogP contribution in [-0.4, -0.2) is 53.5 Å². The highest BCUT2D eigenvalue weighted by molar-refractivity contribution is 5.83. The Labute approximate surface area is 152 Å². The van der Waals surface area contributed by atoms with Gasteiger partial charge < -0.3 is 20.7 Å². The molecule has 11 nitrogen and oxygen atoms in total. The second-order valence-electron chi connectivity index (χ2n) is 6.18. The van der Waals surface area contributed by atoms with Gasteiger partial charge in [0.05, 0.1) is 24.0 Å². The van der Waals surface area contributed by atoms with Crippen molar-refractivity contribution >= 4 is 22.7 Å². The first-order valence-corrected chi connectivity index (χ1v) is 8.17. The van der Waals surface area contributed by atoms with E-state index in [-0.39, 0.29) is 30.4 Å². The fourth-order valence-corrected chi connectivity index (χ4v) is 3.06. The molecule has 4 rings (SSSR count). The molecule has 0 aliphatic carbocycles. The molecular weight excluding hydrogens is 356 g/mol. The number of non-ortho nitro benzene ring substituents is 1. The molecule has 140 valence electrons. The lowest BCUT2D eigenvalue weighted by molar-refractivity contribution is -0.384. The molecule has 3 heterocycles. The summed E-state index contributed by atoms with van der Waals surface area (Å²) in [7, 11) is 0. The molecule has 1 saturated heterocycles. The molecular formula is C16H16N6O5. The predicted octanol–water partition coefficient (Wildman–Crippen LogP) is 0.624. The van der Waals surface area contributed by atoms with Crippen molar-refractivity contribution in [1.82, 2.24) is 19.5 Å². The molecule has 4 N–H and O–H groups in total. The zero-order valence-corrected chi connectivity index (χ0v) is 14.0. The van der Waals surface area contributed by atoms with Crippen LogP contribution in [0.15, 0.2) is 30.6 Å². The highest BCUT2D eigenvalue weighted by atomic mass is 16.6. The maximum absolute atomic E-state index is 10.8. The van der Waals surface area contributed by atoms with E-state index < -0.39 is 23.4 Å². The second-order valence-corrected chi connectivity index (χ2v) is 6.18. The molecule has 0 bridgehead atoms. The number of aliphatic hydroxyl groups excluding tert-OH is 2. The summed E-state index contributed by atoms with van der Waals surface area (Å²) < 4.78 is 7.28. The number of benzene rings is 1. The zero-order valence-electron chi connectivity index (χ0n) is 14.0. The molecule has 1 aliphatic rings. The Morgan fingerprint density at radius 1 is 1.33 bits per heavy atom. The van der Waals surface area contributed by atoms with Crippen molar-refractivity contribution < 1.29 is 19.9 Å². The van der Waals surface area contributed by atoms with Crippen LogP contribution in [0, 0.1) is 10.1 Å². The first-order valence-electron chi connectivity index (χ1n) is 8.17. The van der Waals surface area contributed by atoms with Crippen LogP contribution in [0.1, 0.15) is 12.6 Å². The topological polar surface area (TPSA) is 162 Å². The van der Waals surface area contributed by atoms with E-state index in [2.05, 4.69) is 15.0 Å². The van der Waals surface area contributed by atoms with Crippen LogP contribution < -0.4 is 5.73 Å². The van der Waals surface area contributed by atoms with Gasteiger partial charge in [-0.15, -0.1) is 0 Å². The van der Waals surface area contributed by atoms with Crippen LogP contribution in [-0.2, 0) is 4.74 Å². The molecule has 0 radical (unpaired) electrons. The number of nitrogens with two attached hydrogens (primary N) is 1. The summed E-state index contributed by atoms with van der Waals surface area (Å²) in [4.78, 5) is 23.2.